The summed E-state index contributed by atoms with van der Waals surface area (Å²) < 4.78 is 0.895. The zero-order valence-corrected chi connectivity index (χ0v) is 9.73. The first-order chi connectivity index (χ1) is 5.72. The second kappa shape index (κ2) is 7.83. The highest BCUT2D eigenvalue weighted by Crippen LogP contribution is 2.00. The maximum absolute atomic E-state index is 5.08. The molecule has 0 rings (SSSR count). The summed E-state index contributed by atoms with van der Waals surface area (Å²) in [6.07, 6.45) is 5.76. The van der Waals surface area contributed by atoms with Gasteiger partial charge in [0.2, 0.25) is 0 Å². The number of thiocarbonyl (C=S) groups is 1. The van der Waals surface area contributed by atoms with Gasteiger partial charge in [0.1, 0.15) is 4.32 Å². The van der Waals surface area contributed by atoms with Crippen molar-refractivity contribution in [2.24, 2.45) is 0 Å². The molecule has 0 saturated carbocycles. The minimum absolute atomic E-state index is 0.895. The smallest absolute Gasteiger partial charge is 0.150 e. The van der Waals surface area contributed by atoms with E-state index in [1.54, 1.807) is 11.8 Å². The topological polar surface area (TPSA) is 15.3 Å². The van der Waals surface area contributed by atoms with E-state index in [4.69, 9.17) is 12.2 Å². The highest BCUT2D eigenvalue weighted by Gasteiger charge is 1.99. The van der Waals surface area contributed by atoms with Crippen molar-refractivity contribution in [3.8, 4) is 0 Å². The molecule has 0 aromatic carbocycles. The summed E-state index contributed by atoms with van der Waals surface area (Å²) in [5.41, 5.74) is 3.24. The van der Waals surface area contributed by atoms with Gasteiger partial charge >= 0.3 is 0 Å². The van der Waals surface area contributed by atoms with Crippen LogP contribution >= 0.6 is 24.0 Å². The van der Waals surface area contributed by atoms with Crippen LogP contribution in [0, 0.1) is 0 Å². The summed E-state index contributed by atoms with van der Waals surface area (Å²) in [7, 11) is 1.96. The molecule has 0 aliphatic heterocycles. The third-order valence-electron chi connectivity index (χ3n) is 1.58. The number of nitrogens with zero attached hydrogens (tertiary/aromatic N) is 1. The van der Waals surface area contributed by atoms with Crippen LogP contribution in [0.2, 0.25) is 0 Å². The first kappa shape index (κ1) is 12.2. The first-order valence-corrected chi connectivity index (χ1v) is 5.90. The van der Waals surface area contributed by atoms with E-state index in [2.05, 4.69) is 12.3 Å². The SMILES string of the molecule is CCCCCNN(C)C(=S)SC. The van der Waals surface area contributed by atoms with Crippen molar-refractivity contribution in [2.75, 3.05) is 19.8 Å². The number of hydrogen-bond acceptors (Lipinski definition) is 3. The standard InChI is InChI=1S/C8H18N2S2/c1-4-5-6-7-9-10(2)8(11)12-3/h9H,4-7H2,1-3H3. The number of hydrogen-bond donors (Lipinski definition) is 1. The van der Waals surface area contributed by atoms with Gasteiger partial charge in [0.15, 0.2) is 0 Å². The van der Waals surface area contributed by atoms with E-state index in [0.29, 0.717) is 0 Å². The lowest BCUT2D eigenvalue weighted by atomic mass is 10.2. The minimum Gasteiger partial charge on any atom is -0.296 e. The number of unbranched alkanes of at least 4 members (excludes halogenated alkanes) is 2. The van der Waals surface area contributed by atoms with Crippen LogP contribution in [0.1, 0.15) is 26.2 Å². The molecule has 0 fully saturated rings. The van der Waals surface area contributed by atoms with Crippen molar-refractivity contribution in [1.29, 1.82) is 0 Å². The molecule has 0 unspecified atom stereocenters. The Kier molecular flexibility index (Phi) is 7.96. The molecular formula is C8H18N2S2. The summed E-state index contributed by atoms with van der Waals surface area (Å²) >= 11 is 6.67. The van der Waals surface area contributed by atoms with Crippen molar-refractivity contribution in [2.45, 2.75) is 26.2 Å². The van der Waals surface area contributed by atoms with Gasteiger partial charge in [-0.05, 0) is 12.7 Å². The Morgan fingerprint density at radius 3 is 2.67 bits per heavy atom. The maximum Gasteiger partial charge on any atom is 0.150 e. The third kappa shape index (κ3) is 5.80. The monoisotopic (exact) mass is 206 g/mol. The zero-order valence-electron chi connectivity index (χ0n) is 8.09. The molecule has 12 heavy (non-hydrogen) atoms. The van der Waals surface area contributed by atoms with E-state index in [9.17, 15) is 0 Å². The lowest BCUT2D eigenvalue weighted by molar-refractivity contribution is 0.372. The van der Waals surface area contributed by atoms with Crippen LogP contribution < -0.4 is 5.43 Å². The Bertz CT molecular complexity index is 128. The van der Waals surface area contributed by atoms with Crippen LogP contribution in [0.15, 0.2) is 0 Å². The molecule has 2 nitrogen and oxygen atoms in total. The van der Waals surface area contributed by atoms with E-state index < -0.39 is 0 Å². The number of nitrogens with one attached hydrogen (secondary N) is 1. The van der Waals surface area contributed by atoms with Gasteiger partial charge in [-0.2, -0.15) is 0 Å². The first-order valence-electron chi connectivity index (χ1n) is 4.27. The van der Waals surface area contributed by atoms with Gasteiger partial charge in [-0.3, -0.25) is 5.01 Å². The van der Waals surface area contributed by atoms with Gasteiger partial charge in [0.05, 0.1) is 0 Å². The average Bonchev–Trinajstić information content (AvgIpc) is 2.10. The summed E-state index contributed by atoms with van der Waals surface area (Å²) in [5.74, 6) is 0. The summed E-state index contributed by atoms with van der Waals surface area (Å²) in [6.45, 7) is 3.22. The molecule has 4 heteroatoms. The van der Waals surface area contributed by atoms with Crippen molar-refractivity contribution >= 4 is 28.3 Å². The second-order valence-corrected chi connectivity index (χ2v) is 4.08. The summed E-state index contributed by atoms with van der Waals surface area (Å²) in [5, 5.41) is 1.91. The molecule has 72 valence electrons. The maximum atomic E-state index is 5.08. The molecule has 1 N–H and O–H groups in total. The Morgan fingerprint density at radius 1 is 1.50 bits per heavy atom. The molecule has 0 aliphatic rings. The van der Waals surface area contributed by atoms with E-state index in [1.807, 2.05) is 18.3 Å². The fraction of sp³-hybridized carbons (Fsp3) is 0.875. The molecular weight excluding hydrogens is 188 g/mol. The van der Waals surface area contributed by atoms with Gasteiger partial charge < -0.3 is 0 Å². The Labute approximate surface area is 85.1 Å². The van der Waals surface area contributed by atoms with Crippen LogP contribution in [0.4, 0.5) is 0 Å². The lowest BCUT2D eigenvalue weighted by Crippen LogP contribution is -2.37. The number of rotatable bonds is 5. The van der Waals surface area contributed by atoms with E-state index in [1.165, 1.54) is 19.3 Å². The Balaban J connectivity index is 3.31. The van der Waals surface area contributed by atoms with Gasteiger partial charge in [0, 0.05) is 13.6 Å². The quantitative estimate of drug-likeness (QED) is 0.421. The van der Waals surface area contributed by atoms with Crippen LogP contribution in [-0.4, -0.2) is 29.2 Å². The molecule has 0 heterocycles. The molecule has 0 bridgehead atoms. The van der Waals surface area contributed by atoms with Crippen molar-refractivity contribution in [1.82, 2.24) is 10.4 Å². The molecule has 0 aromatic heterocycles. The number of thioether (sulfide) groups is 1. The van der Waals surface area contributed by atoms with Crippen LogP contribution in [0.3, 0.4) is 0 Å². The van der Waals surface area contributed by atoms with E-state index in [0.717, 1.165) is 10.9 Å². The summed E-state index contributed by atoms with van der Waals surface area (Å²) in [6, 6.07) is 0. The van der Waals surface area contributed by atoms with Crippen LogP contribution in [-0.2, 0) is 0 Å². The Hall–Kier alpha value is 0.200. The predicted octanol–water partition coefficient (Wildman–Crippen LogP) is 2.26. The van der Waals surface area contributed by atoms with Crippen LogP contribution in [0.25, 0.3) is 0 Å². The van der Waals surface area contributed by atoms with Gasteiger partial charge in [-0.1, -0.05) is 43.7 Å². The fourth-order valence-electron chi connectivity index (χ4n) is 0.823. The highest BCUT2D eigenvalue weighted by atomic mass is 32.2. The zero-order chi connectivity index (χ0) is 9.40. The molecule has 0 spiro atoms. The Morgan fingerprint density at radius 2 is 2.17 bits per heavy atom. The lowest BCUT2D eigenvalue weighted by Gasteiger charge is -2.19. The van der Waals surface area contributed by atoms with Gasteiger partial charge in [0.25, 0.3) is 0 Å². The van der Waals surface area contributed by atoms with Crippen molar-refractivity contribution in [3.05, 3.63) is 0 Å². The van der Waals surface area contributed by atoms with Crippen molar-refractivity contribution < 1.29 is 0 Å². The largest absolute Gasteiger partial charge is 0.296 e. The third-order valence-corrected chi connectivity index (χ3v) is 2.97. The fourth-order valence-corrected chi connectivity index (χ4v) is 1.23. The predicted molar refractivity (Wildman–Crippen MR) is 61.4 cm³/mol. The summed E-state index contributed by atoms with van der Waals surface area (Å²) in [4.78, 5) is 0. The normalized spacial score (nSPS) is 9.92. The molecule has 0 aliphatic carbocycles. The molecule has 0 saturated heterocycles. The van der Waals surface area contributed by atoms with Crippen LogP contribution in [0.5, 0.6) is 0 Å². The molecule has 0 atom stereocenters. The van der Waals surface area contributed by atoms with E-state index in [-0.39, 0.29) is 0 Å². The number of hydrazine groups is 1. The second-order valence-electron chi connectivity index (χ2n) is 2.64. The average molecular weight is 206 g/mol. The van der Waals surface area contributed by atoms with Crippen molar-refractivity contribution in [3.63, 3.8) is 0 Å². The molecule has 0 aromatic rings. The molecule has 0 amide bonds. The van der Waals surface area contributed by atoms with E-state index >= 15 is 0 Å². The van der Waals surface area contributed by atoms with Gasteiger partial charge in [-0.25, -0.2) is 5.43 Å². The molecule has 0 radical (unpaired) electrons. The van der Waals surface area contributed by atoms with Gasteiger partial charge in [-0.15, -0.1) is 0 Å². The minimum atomic E-state index is 0.895. The highest BCUT2D eigenvalue weighted by molar-refractivity contribution is 8.22.